The highest BCUT2D eigenvalue weighted by atomic mass is 32.2. The van der Waals surface area contributed by atoms with Crippen LogP contribution in [-0.2, 0) is 10.0 Å². The van der Waals surface area contributed by atoms with Crippen molar-refractivity contribution in [1.29, 1.82) is 0 Å². The molecule has 1 fully saturated rings. The van der Waals surface area contributed by atoms with Gasteiger partial charge in [0.25, 0.3) is 5.91 Å². The third-order valence-corrected chi connectivity index (χ3v) is 6.61. The molecule has 0 unspecified atom stereocenters. The number of furan rings is 1. The number of sulfonamides is 1. The average Bonchev–Trinajstić information content (AvgIpc) is 2.99. The van der Waals surface area contributed by atoms with E-state index in [0.717, 1.165) is 0 Å². The molecule has 0 atom stereocenters. The minimum atomic E-state index is -3.66. The van der Waals surface area contributed by atoms with E-state index in [9.17, 15) is 18.0 Å². The van der Waals surface area contributed by atoms with Crippen LogP contribution in [0.3, 0.4) is 0 Å². The van der Waals surface area contributed by atoms with E-state index in [1.54, 1.807) is 24.8 Å². The predicted octanol–water partition coefficient (Wildman–Crippen LogP) is 2.25. The Morgan fingerprint density at radius 2 is 1.59 bits per heavy atom. The first-order chi connectivity index (χ1) is 12.7. The summed E-state index contributed by atoms with van der Waals surface area (Å²) in [4.78, 5) is 25.8. The Morgan fingerprint density at radius 1 is 1.00 bits per heavy atom. The van der Waals surface area contributed by atoms with Crippen molar-refractivity contribution in [2.75, 3.05) is 26.2 Å². The molecule has 0 saturated carbocycles. The van der Waals surface area contributed by atoms with Crippen LogP contribution in [0.5, 0.6) is 0 Å². The topological polar surface area (TPSA) is 87.9 Å². The van der Waals surface area contributed by atoms with E-state index < -0.39 is 10.0 Å². The summed E-state index contributed by atoms with van der Waals surface area (Å²) >= 11 is 0. The van der Waals surface area contributed by atoms with Crippen LogP contribution in [0.4, 0.5) is 0 Å². The summed E-state index contributed by atoms with van der Waals surface area (Å²) in [5.41, 5.74) is 0.985. The summed E-state index contributed by atoms with van der Waals surface area (Å²) in [6.07, 6.45) is 0. The molecule has 3 rings (SSSR count). The number of carbonyl (C=O) groups is 2. The van der Waals surface area contributed by atoms with Crippen molar-refractivity contribution in [3.63, 3.8) is 0 Å². The van der Waals surface area contributed by atoms with Crippen molar-refractivity contribution in [3.05, 3.63) is 53.0 Å². The van der Waals surface area contributed by atoms with Gasteiger partial charge >= 0.3 is 0 Å². The molecule has 0 N–H and O–H groups in total. The van der Waals surface area contributed by atoms with Crippen LogP contribution in [0.15, 0.2) is 39.6 Å². The maximum Gasteiger partial charge on any atom is 0.257 e. The molecule has 1 aliphatic rings. The largest absolute Gasteiger partial charge is 0.466 e. The van der Waals surface area contributed by atoms with Gasteiger partial charge in [0.15, 0.2) is 5.78 Å². The summed E-state index contributed by atoms with van der Waals surface area (Å²) in [5, 5.41) is 0. The van der Waals surface area contributed by atoms with Crippen molar-refractivity contribution >= 4 is 21.7 Å². The van der Waals surface area contributed by atoms with Gasteiger partial charge in [-0.05, 0) is 39.0 Å². The van der Waals surface area contributed by atoms with Crippen molar-refractivity contribution in [2.45, 2.75) is 25.7 Å². The van der Waals surface area contributed by atoms with Crippen molar-refractivity contribution in [1.82, 2.24) is 9.21 Å². The molecule has 1 aromatic carbocycles. The smallest absolute Gasteiger partial charge is 0.257 e. The first-order valence-electron chi connectivity index (χ1n) is 8.67. The normalized spacial score (nSPS) is 15.7. The average molecular weight is 390 g/mol. The SMILES string of the molecule is CC(=O)c1ccc(S(=O)(=O)N2CCN(C(=O)c3cc(C)oc3C)CC2)cc1. The monoisotopic (exact) mass is 390 g/mol. The number of nitrogens with zero attached hydrogens (tertiary/aromatic N) is 2. The van der Waals surface area contributed by atoms with Crippen molar-refractivity contribution < 1.29 is 22.4 Å². The number of hydrogen-bond acceptors (Lipinski definition) is 5. The third kappa shape index (κ3) is 3.81. The first kappa shape index (κ1) is 19.3. The predicted molar refractivity (Wildman–Crippen MR) is 99.3 cm³/mol. The van der Waals surface area contributed by atoms with Gasteiger partial charge in [0.2, 0.25) is 10.0 Å². The molecule has 1 amide bonds. The van der Waals surface area contributed by atoms with Crippen LogP contribution in [0, 0.1) is 13.8 Å². The fraction of sp³-hybridized carbons (Fsp3) is 0.368. The molecule has 7 nitrogen and oxygen atoms in total. The van der Waals surface area contributed by atoms with E-state index in [1.807, 2.05) is 0 Å². The number of benzene rings is 1. The number of ketones is 1. The molecule has 0 spiro atoms. The zero-order chi connectivity index (χ0) is 19.8. The summed E-state index contributed by atoms with van der Waals surface area (Å²) < 4.78 is 32.4. The lowest BCUT2D eigenvalue weighted by Gasteiger charge is -2.34. The highest BCUT2D eigenvalue weighted by molar-refractivity contribution is 7.89. The number of rotatable bonds is 4. The summed E-state index contributed by atoms with van der Waals surface area (Å²) in [5.74, 6) is 0.979. The van der Waals surface area contributed by atoms with Gasteiger partial charge in [-0.25, -0.2) is 8.42 Å². The maximum atomic E-state index is 12.8. The molecular weight excluding hydrogens is 368 g/mol. The number of aryl methyl sites for hydroxylation is 2. The Hall–Kier alpha value is -2.45. The molecule has 0 radical (unpaired) electrons. The van der Waals surface area contributed by atoms with Gasteiger partial charge in [0.05, 0.1) is 10.5 Å². The maximum absolute atomic E-state index is 12.8. The Bertz CT molecular complexity index is 968. The van der Waals surface area contributed by atoms with Crippen LogP contribution < -0.4 is 0 Å². The molecule has 0 aliphatic carbocycles. The Balaban J connectivity index is 1.70. The molecule has 27 heavy (non-hydrogen) atoms. The van der Waals surface area contributed by atoms with Gasteiger partial charge in [0, 0.05) is 31.7 Å². The van der Waals surface area contributed by atoms with Gasteiger partial charge in [-0.2, -0.15) is 4.31 Å². The van der Waals surface area contributed by atoms with Gasteiger partial charge in [0.1, 0.15) is 11.5 Å². The summed E-state index contributed by atoms with van der Waals surface area (Å²) in [7, 11) is -3.66. The number of amides is 1. The minimum Gasteiger partial charge on any atom is -0.466 e. The van der Waals surface area contributed by atoms with Crippen LogP contribution in [0.25, 0.3) is 0 Å². The lowest BCUT2D eigenvalue weighted by atomic mass is 10.2. The molecule has 8 heteroatoms. The minimum absolute atomic E-state index is 0.115. The summed E-state index contributed by atoms with van der Waals surface area (Å²) in [6, 6.07) is 7.62. The van der Waals surface area contributed by atoms with Crippen molar-refractivity contribution in [3.8, 4) is 0 Å². The standard InChI is InChI=1S/C19H22N2O5S/c1-13-12-18(15(3)26-13)19(23)20-8-10-21(11-9-20)27(24,25)17-6-4-16(5-7-17)14(2)22/h4-7,12H,8-11H2,1-3H3. The van der Waals surface area contributed by atoms with E-state index in [4.69, 9.17) is 4.42 Å². The zero-order valence-corrected chi connectivity index (χ0v) is 16.4. The van der Waals surface area contributed by atoms with E-state index in [1.165, 1.54) is 35.5 Å². The first-order valence-corrected chi connectivity index (χ1v) is 10.1. The summed E-state index contributed by atoms with van der Waals surface area (Å²) in [6.45, 7) is 6.03. The lowest BCUT2D eigenvalue weighted by Crippen LogP contribution is -2.50. The highest BCUT2D eigenvalue weighted by Gasteiger charge is 2.31. The van der Waals surface area contributed by atoms with Gasteiger partial charge in [-0.3, -0.25) is 9.59 Å². The Kier molecular flexibility index (Phi) is 5.21. The second kappa shape index (κ2) is 7.28. The molecule has 1 saturated heterocycles. The second-order valence-electron chi connectivity index (χ2n) is 6.60. The van der Waals surface area contributed by atoms with Crippen LogP contribution in [0.2, 0.25) is 0 Å². The highest BCUT2D eigenvalue weighted by Crippen LogP contribution is 2.21. The van der Waals surface area contributed by atoms with E-state index in [2.05, 4.69) is 0 Å². The van der Waals surface area contributed by atoms with Gasteiger partial charge in [-0.15, -0.1) is 0 Å². The van der Waals surface area contributed by atoms with Gasteiger partial charge in [-0.1, -0.05) is 12.1 Å². The van der Waals surface area contributed by atoms with Crippen molar-refractivity contribution in [2.24, 2.45) is 0 Å². The molecule has 2 heterocycles. The van der Waals surface area contributed by atoms with E-state index >= 15 is 0 Å². The van der Waals surface area contributed by atoms with Crippen LogP contribution >= 0.6 is 0 Å². The van der Waals surface area contributed by atoms with E-state index in [-0.39, 0.29) is 29.7 Å². The van der Waals surface area contributed by atoms with Gasteiger partial charge < -0.3 is 9.32 Å². The second-order valence-corrected chi connectivity index (χ2v) is 8.54. The lowest BCUT2D eigenvalue weighted by molar-refractivity contribution is 0.0696. The molecule has 1 aliphatic heterocycles. The number of Topliss-reactive ketones (excluding diaryl/α,β-unsaturated/α-hetero) is 1. The Morgan fingerprint density at radius 3 is 2.07 bits per heavy atom. The number of hydrogen-bond donors (Lipinski definition) is 0. The number of carbonyl (C=O) groups excluding carboxylic acids is 2. The molecule has 1 aromatic heterocycles. The zero-order valence-electron chi connectivity index (χ0n) is 15.6. The fourth-order valence-corrected chi connectivity index (χ4v) is 4.58. The van der Waals surface area contributed by atoms with Crippen LogP contribution in [0.1, 0.15) is 39.2 Å². The third-order valence-electron chi connectivity index (χ3n) is 4.70. The molecular formula is C19H22N2O5S. The van der Waals surface area contributed by atoms with Crippen LogP contribution in [-0.4, -0.2) is 55.5 Å². The molecule has 0 bridgehead atoms. The molecule has 144 valence electrons. The quantitative estimate of drug-likeness (QED) is 0.747. The Labute approximate surface area is 158 Å². The number of piperazine rings is 1. The fourth-order valence-electron chi connectivity index (χ4n) is 3.16. The molecule has 2 aromatic rings. The van der Waals surface area contributed by atoms with E-state index in [0.29, 0.717) is 35.7 Å².